The summed E-state index contributed by atoms with van der Waals surface area (Å²) in [5, 5.41) is 3.32. The Bertz CT molecular complexity index is 291. The highest BCUT2D eigenvalue weighted by Crippen LogP contribution is 2.18. The number of hydrogen-bond donors (Lipinski definition) is 1. The van der Waals surface area contributed by atoms with Gasteiger partial charge in [-0.05, 0) is 40.5 Å². The van der Waals surface area contributed by atoms with E-state index in [9.17, 15) is 0 Å². The Balaban J connectivity index is 2.25. The molecule has 0 radical (unpaired) electrons. The van der Waals surface area contributed by atoms with Crippen molar-refractivity contribution in [2.75, 3.05) is 13.1 Å². The van der Waals surface area contributed by atoms with Crippen LogP contribution in [0.15, 0.2) is 27.3 Å². The lowest BCUT2D eigenvalue weighted by atomic mass is 10.2. The van der Waals surface area contributed by atoms with Gasteiger partial charge in [0.15, 0.2) is 0 Å². The molecule has 0 spiro atoms. The second-order valence-corrected chi connectivity index (χ2v) is 4.44. The Morgan fingerprint density at radius 1 is 1.57 bits per heavy atom. The fourth-order valence-corrected chi connectivity index (χ4v) is 1.38. The summed E-state index contributed by atoms with van der Waals surface area (Å²) in [4.78, 5) is 0. The molecule has 0 aliphatic carbocycles. The Kier molecular flexibility index (Phi) is 4.98. The normalized spacial score (nSPS) is 11.7. The molecule has 0 amide bonds. The number of halogens is 1. The van der Waals surface area contributed by atoms with Gasteiger partial charge < -0.3 is 9.73 Å². The molecule has 0 saturated heterocycles. The smallest absolute Gasteiger partial charge is 0.140 e. The summed E-state index contributed by atoms with van der Waals surface area (Å²) < 4.78 is 6.23. The van der Waals surface area contributed by atoms with E-state index in [2.05, 4.69) is 41.2 Å². The largest absolute Gasteiger partial charge is 0.464 e. The van der Waals surface area contributed by atoms with Crippen molar-refractivity contribution in [2.45, 2.75) is 13.8 Å². The number of nitrogens with one attached hydrogen (secondary N) is 1. The molecule has 0 fully saturated rings. The lowest BCUT2D eigenvalue weighted by Gasteiger charge is -2.03. The van der Waals surface area contributed by atoms with Crippen LogP contribution in [-0.4, -0.2) is 13.1 Å². The van der Waals surface area contributed by atoms with E-state index in [1.165, 1.54) is 0 Å². The zero-order valence-corrected chi connectivity index (χ0v) is 10.2. The molecule has 2 nitrogen and oxygen atoms in total. The van der Waals surface area contributed by atoms with Crippen LogP contribution in [0.4, 0.5) is 0 Å². The van der Waals surface area contributed by atoms with E-state index in [4.69, 9.17) is 4.42 Å². The molecule has 1 rings (SSSR count). The third-order valence-corrected chi connectivity index (χ3v) is 2.38. The maximum absolute atomic E-state index is 5.23. The second-order valence-electron chi connectivity index (χ2n) is 3.59. The van der Waals surface area contributed by atoms with E-state index in [-0.39, 0.29) is 0 Å². The van der Waals surface area contributed by atoms with Crippen LogP contribution in [0.2, 0.25) is 0 Å². The molecule has 78 valence electrons. The van der Waals surface area contributed by atoms with Crippen LogP contribution >= 0.6 is 15.9 Å². The highest BCUT2D eigenvalue weighted by molar-refractivity contribution is 9.10. The first kappa shape index (κ1) is 11.5. The van der Waals surface area contributed by atoms with Crippen LogP contribution in [0.1, 0.15) is 19.6 Å². The van der Waals surface area contributed by atoms with Gasteiger partial charge in [0.1, 0.15) is 5.76 Å². The molecule has 0 saturated carbocycles. The molecule has 14 heavy (non-hydrogen) atoms. The summed E-state index contributed by atoms with van der Waals surface area (Å²) >= 11 is 3.39. The van der Waals surface area contributed by atoms with E-state index in [1.54, 1.807) is 6.26 Å². The molecular weight excluding hydrogens is 242 g/mol. The predicted molar refractivity (Wildman–Crippen MR) is 63.1 cm³/mol. The third kappa shape index (κ3) is 4.11. The standard InChI is InChI=1S/C11H16BrNO/c1-9(2)8-13-6-3-4-11-10(12)5-7-14-11/h3-5,7,9,13H,6,8H2,1-2H3/b4-3+. The Labute approximate surface area is 93.5 Å². The first-order chi connectivity index (χ1) is 6.70. The average molecular weight is 258 g/mol. The fourth-order valence-electron chi connectivity index (χ4n) is 1.05. The first-order valence-corrected chi connectivity index (χ1v) is 5.59. The number of rotatable bonds is 5. The molecule has 0 aliphatic rings. The van der Waals surface area contributed by atoms with E-state index in [0.29, 0.717) is 5.92 Å². The molecule has 0 aromatic carbocycles. The van der Waals surface area contributed by atoms with Crippen LogP contribution in [-0.2, 0) is 0 Å². The van der Waals surface area contributed by atoms with Crippen LogP contribution in [0.25, 0.3) is 6.08 Å². The number of hydrogen-bond acceptors (Lipinski definition) is 2. The molecule has 1 heterocycles. The molecule has 1 N–H and O–H groups in total. The molecule has 1 aromatic heterocycles. The maximum Gasteiger partial charge on any atom is 0.140 e. The SMILES string of the molecule is CC(C)CNC/C=C/c1occc1Br. The van der Waals surface area contributed by atoms with Gasteiger partial charge in [0.25, 0.3) is 0 Å². The Hall–Kier alpha value is -0.540. The lowest BCUT2D eigenvalue weighted by Crippen LogP contribution is -2.19. The lowest BCUT2D eigenvalue weighted by molar-refractivity contribution is 0.554. The van der Waals surface area contributed by atoms with Gasteiger partial charge in [0.2, 0.25) is 0 Å². The van der Waals surface area contributed by atoms with Gasteiger partial charge in [-0.15, -0.1) is 0 Å². The minimum absolute atomic E-state index is 0.693. The zero-order valence-electron chi connectivity index (χ0n) is 8.59. The predicted octanol–water partition coefficient (Wildman–Crippen LogP) is 3.30. The van der Waals surface area contributed by atoms with Gasteiger partial charge >= 0.3 is 0 Å². The van der Waals surface area contributed by atoms with Crippen molar-refractivity contribution in [2.24, 2.45) is 5.92 Å². The van der Waals surface area contributed by atoms with E-state index >= 15 is 0 Å². The van der Waals surface area contributed by atoms with E-state index in [1.807, 2.05) is 12.1 Å². The summed E-state index contributed by atoms with van der Waals surface area (Å²) in [5.41, 5.74) is 0. The average Bonchev–Trinajstić information content (AvgIpc) is 2.51. The van der Waals surface area contributed by atoms with Crippen LogP contribution in [0.3, 0.4) is 0 Å². The minimum atomic E-state index is 0.693. The Morgan fingerprint density at radius 2 is 2.36 bits per heavy atom. The van der Waals surface area contributed by atoms with Crippen LogP contribution in [0, 0.1) is 5.92 Å². The van der Waals surface area contributed by atoms with Crippen molar-refractivity contribution >= 4 is 22.0 Å². The van der Waals surface area contributed by atoms with Gasteiger partial charge in [-0.2, -0.15) is 0 Å². The molecule has 3 heteroatoms. The first-order valence-electron chi connectivity index (χ1n) is 4.80. The van der Waals surface area contributed by atoms with Crippen molar-refractivity contribution < 1.29 is 4.42 Å². The molecule has 0 bridgehead atoms. The Morgan fingerprint density at radius 3 is 2.93 bits per heavy atom. The third-order valence-electron chi connectivity index (χ3n) is 1.73. The topological polar surface area (TPSA) is 25.2 Å². The molecular formula is C11H16BrNO. The van der Waals surface area contributed by atoms with Crippen molar-refractivity contribution in [3.05, 3.63) is 28.6 Å². The van der Waals surface area contributed by atoms with E-state index < -0.39 is 0 Å². The van der Waals surface area contributed by atoms with Gasteiger partial charge in [0.05, 0.1) is 10.7 Å². The molecule has 0 aliphatic heterocycles. The van der Waals surface area contributed by atoms with E-state index in [0.717, 1.165) is 23.3 Å². The van der Waals surface area contributed by atoms with Gasteiger partial charge in [-0.25, -0.2) is 0 Å². The van der Waals surface area contributed by atoms with Gasteiger partial charge in [-0.3, -0.25) is 0 Å². The second kappa shape index (κ2) is 6.04. The highest BCUT2D eigenvalue weighted by atomic mass is 79.9. The summed E-state index contributed by atoms with van der Waals surface area (Å²) in [7, 11) is 0. The summed E-state index contributed by atoms with van der Waals surface area (Å²) in [6.07, 6.45) is 5.70. The van der Waals surface area contributed by atoms with Gasteiger partial charge in [0, 0.05) is 6.54 Å². The monoisotopic (exact) mass is 257 g/mol. The summed E-state index contributed by atoms with van der Waals surface area (Å²) in [6.45, 7) is 6.31. The van der Waals surface area contributed by atoms with Crippen LogP contribution < -0.4 is 5.32 Å². The van der Waals surface area contributed by atoms with Crippen molar-refractivity contribution in [1.82, 2.24) is 5.32 Å². The molecule has 0 atom stereocenters. The summed E-state index contributed by atoms with van der Waals surface area (Å²) in [5.74, 6) is 1.56. The van der Waals surface area contributed by atoms with Crippen LogP contribution in [0.5, 0.6) is 0 Å². The van der Waals surface area contributed by atoms with Crippen molar-refractivity contribution in [1.29, 1.82) is 0 Å². The van der Waals surface area contributed by atoms with Crippen molar-refractivity contribution in [3.8, 4) is 0 Å². The zero-order chi connectivity index (χ0) is 10.4. The van der Waals surface area contributed by atoms with Crippen molar-refractivity contribution in [3.63, 3.8) is 0 Å². The quantitative estimate of drug-likeness (QED) is 0.820. The molecule has 0 unspecified atom stereocenters. The van der Waals surface area contributed by atoms with Gasteiger partial charge in [-0.1, -0.05) is 19.9 Å². The minimum Gasteiger partial charge on any atom is -0.464 e. The number of furan rings is 1. The highest BCUT2D eigenvalue weighted by Gasteiger charge is 1.96. The maximum atomic E-state index is 5.23. The summed E-state index contributed by atoms with van der Waals surface area (Å²) in [6, 6.07) is 1.89. The fraction of sp³-hybridized carbons (Fsp3) is 0.455. The molecule has 1 aromatic rings.